The Bertz CT molecular complexity index is 1090. The van der Waals surface area contributed by atoms with Crippen LogP contribution in [0.2, 0.25) is 5.02 Å². The molecule has 0 atom stereocenters. The average Bonchev–Trinajstić information content (AvgIpc) is 3.05. The molecule has 2 N–H and O–H groups in total. The number of rotatable bonds is 4. The van der Waals surface area contributed by atoms with Crippen LogP contribution in [0.3, 0.4) is 0 Å². The lowest BCUT2D eigenvalue weighted by atomic mass is 10.1. The fourth-order valence-corrected chi connectivity index (χ4v) is 4.30. The maximum Gasteiger partial charge on any atom is 0.274 e. The number of anilines is 1. The molecular formula is C17H11Br3ClN5O2. The lowest BCUT2D eigenvalue weighted by molar-refractivity contribution is 0.0964. The van der Waals surface area contributed by atoms with Crippen molar-refractivity contribution in [3.05, 3.63) is 66.4 Å². The van der Waals surface area contributed by atoms with E-state index in [0.29, 0.717) is 30.1 Å². The van der Waals surface area contributed by atoms with Gasteiger partial charge in [-0.2, -0.15) is 5.10 Å². The van der Waals surface area contributed by atoms with Gasteiger partial charge in [0.2, 0.25) is 0 Å². The van der Waals surface area contributed by atoms with E-state index in [-0.39, 0.29) is 17.2 Å². The Morgan fingerprint density at radius 3 is 2.57 bits per heavy atom. The van der Waals surface area contributed by atoms with E-state index in [1.807, 2.05) is 0 Å². The Morgan fingerprint density at radius 1 is 1.14 bits per heavy atom. The SMILES string of the molecule is CNC(=O)c1cc(Br)cc(Br)c1NC(=O)c1cc(Br)nn1-c1ncccc1Cl. The second-order valence-electron chi connectivity index (χ2n) is 5.42. The highest BCUT2D eigenvalue weighted by Crippen LogP contribution is 2.32. The van der Waals surface area contributed by atoms with Gasteiger partial charge >= 0.3 is 0 Å². The van der Waals surface area contributed by atoms with Crippen molar-refractivity contribution >= 4 is 76.9 Å². The van der Waals surface area contributed by atoms with Crippen LogP contribution < -0.4 is 10.6 Å². The van der Waals surface area contributed by atoms with Crippen molar-refractivity contribution in [2.45, 2.75) is 0 Å². The van der Waals surface area contributed by atoms with Gasteiger partial charge in [-0.1, -0.05) is 27.5 Å². The number of hydrogen-bond acceptors (Lipinski definition) is 4. The van der Waals surface area contributed by atoms with Crippen LogP contribution in [-0.2, 0) is 0 Å². The number of carbonyl (C=O) groups is 2. The summed E-state index contributed by atoms with van der Waals surface area (Å²) in [6, 6.07) is 8.20. The van der Waals surface area contributed by atoms with Gasteiger partial charge in [-0.3, -0.25) is 9.59 Å². The number of pyridine rings is 1. The highest BCUT2D eigenvalue weighted by Gasteiger charge is 2.22. The molecule has 2 heterocycles. The van der Waals surface area contributed by atoms with Gasteiger partial charge in [0, 0.05) is 28.3 Å². The van der Waals surface area contributed by atoms with E-state index in [1.165, 1.54) is 17.8 Å². The van der Waals surface area contributed by atoms with Gasteiger partial charge < -0.3 is 10.6 Å². The largest absolute Gasteiger partial charge is 0.355 e. The lowest BCUT2D eigenvalue weighted by Gasteiger charge is -2.14. The molecule has 0 aliphatic heterocycles. The maximum absolute atomic E-state index is 13.0. The van der Waals surface area contributed by atoms with Crippen molar-refractivity contribution in [3.63, 3.8) is 0 Å². The average molecular weight is 592 g/mol. The molecule has 0 aliphatic carbocycles. The van der Waals surface area contributed by atoms with Crippen LogP contribution in [0.25, 0.3) is 5.82 Å². The highest BCUT2D eigenvalue weighted by atomic mass is 79.9. The van der Waals surface area contributed by atoms with Gasteiger partial charge in [0.1, 0.15) is 10.3 Å². The number of nitrogens with zero attached hydrogens (tertiary/aromatic N) is 3. The van der Waals surface area contributed by atoms with Crippen molar-refractivity contribution in [3.8, 4) is 5.82 Å². The highest BCUT2D eigenvalue weighted by molar-refractivity contribution is 9.11. The van der Waals surface area contributed by atoms with Crippen LogP contribution in [0.4, 0.5) is 5.69 Å². The summed E-state index contributed by atoms with van der Waals surface area (Å²) in [5.41, 5.74) is 0.798. The number of amides is 2. The molecule has 0 spiro atoms. The van der Waals surface area contributed by atoms with Crippen molar-refractivity contribution in [2.24, 2.45) is 0 Å². The summed E-state index contributed by atoms with van der Waals surface area (Å²) in [5.74, 6) is -0.533. The minimum Gasteiger partial charge on any atom is -0.355 e. The Labute approximate surface area is 190 Å². The zero-order valence-corrected chi connectivity index (χ0v) is 19.6. The second-order valence-corrected chi connectivity index (χ2v) is 8.41. The van der Waals surface area contributed by atoms with E-state index in [2.05, 4.69) is 68.5 Å². The molecular weight excluding hydrogens is 581 g/mol. The lowest BCUT2D eigenvalue weighted by Crippen LogP contribution is -2.23. The maximum atomic E-state index is 13.0. The van der Waals surface area contributed by atoms with Crippen LogP contribution in [-0.4, -0.2) is 33.6 Å². The van der Waals surface area contributed by atoms with Crippen LogP contribution in [0.5, 0.6) is 0 Å². The third-order valence-corrected chi connectivity index (χ3v) is 5.38. The fraction of sp³-hybridized carbons (Fsp3) is 0.0588. The molecule has 28 heavy (non-hydrogen) atoms. The standard InChI is InChI=1S/C17H11Br3ClN5O2/c1-22-16(27)9-5-8(18)6-10(19)14(9)24-17(28)12-7-13(20)25-26(12)15-11(21)3-2-4-23-15/h2-7H,1H3,(H,22,27)(H,24,28). The Balaban J connectivity index is 2.05. The molecule has 11 heteroatoms. The van der Waals surface area contributed by atoms with Gasteiger partial charge in [0.05, 0.1) is 16.3 Å². The molecule has 0 aliphatic rings. The summed E-state index contributed by atoms with van der Waals surface area (Å²) in [7, 11) is 1.51. The predicted molar refractivity (Wildman–Crippen MR) is 117 cm³/mol. The zero-order valence-electron chi connectivity index (χ0n) is 14.1. The smallest absolute Gasteiger partial charge is 0.274 e. The number of carbonyl (C=O) groups excluding carboxylic acids is 2. The molecule has 0 radical (unpaired) electrons. The van der Waals surface area contributed by atoms with Gasteiger partial charge in [-0.05, 0) is 56.1 Å². The summed E-state index contributed by atoms with van der Waals surface area (Å²) in [6.45, 7) is 0. The van der Waals surface area contributed by atoms with Crippen LogP contribution in [0, 0.1) is 0 Å². The van der Waals surface area contributed by atoms with Crippen molar-refractivity contribution in [1.29, 1.82) is 0 Å². The number of aromatic nitrogens is 3. The molecule has 3 rings (SSSR count). The third kappa shape index (κ3) is 4.29. The molecule has 1 aromatic carbocycles. The predicted octanol–water partition coefficient (Wildman–Crippen LogP) is 4.82. The minimum atomic E-state index is -0.493. The molecule has 3 aromatic rings. The first-order valence-corrected chi connectivity index (χ1v) is 10.5. The monoisotopic (exact) mass is 589 g/mol. The zero-order chi connectivity index (χ0) is 20.4. The molecule has 0 saturated heterocycles. The number of hydrogen-bond donors (Lipinski definition) is 2. The van der Waals surface area contributed by atoms with E-state index in [9.17, 15) is 9.59 Å². The summed E-state index contributed by atoms with van der Waals surface area (Å²) < 4.78 is 2.98. The summed E-state index contributed by atoms with van der Waals surface area (Å²) >= 11 is 16.2. The van der Waals surface area contributed by atoms with Crippen molar-refractivity contribution in [2.75, 3.05) is 12.4 Å². The Hall–Kier alpha value is -1.75. The van der Waals surface area contributed by atoms with Crippen molar-refractivity contribution in [1.82, 2.24) is 20.1 Å². The molecule has 0 unspecified atom stereocenters. The molecule has 144 valence electrons. The first kappa shape index (κ1) is 21.0. The number of nitrogens with one attached hydrogen (secondary N) is 2. The number of halogens is 4. The van der Waals surface area contributed by atoms with Crippen LogP contribution in [0.1, 0.15) is 20.8 Å². The van der Waals surface area contributed by atoms with Crippen LogP contribution in [0.15, 0.2) is 50.1 Å². The van der Waals surface area contributed by atoms with Crippen molar-refractivity contribution < 1.29 is 9.59 Å². The normalized spacial score (nSPS) is 10.6. The Morgan fingerprint density at radius 2 is 1.89 bits per heavy atom. The van der Waals surface area contributed by atoms with Gasteiger partial charge in [0.25, 0.3) is 11.8 Å². The molecule has 7 nitrogen and oxygen atoms in total. The minimum absolute atomic E-state index is 0.185. The van der Waals surface area contributed by atoms with E-state index < -0.39 is 5.91 Å². The molecule has 2 amide bonds. The molecule has 0 fully saturated rings. The molecule has 0 bridgehead atoms. The quantitative estimate of drug-likeness (QED) is 0.455. The van der Waals surface area contributed by atoms with Gasteiger partial charge in [0.15, 0.2) is 5.82 Å². The molecule has 0 saturated carbocycles. The van der Waals surface area contributed by atoms with E-state index >= 15 is 0 Å². The number of benzene rings is 1. The Kier molecular flexibility index (Phi) is 6.54. The first-order valence-electron chi connectivity index (χ1n) is 7.70. The topological polar surface area (TPSA) is 88.9 Å². The summed E-state index contributed by atoms with van der Waals surface area (Å²) in [6.07, 6.45) is 1.55. The third-order valence-electron chi connectivity index (χ3n) is 3.62. The fourth-order valence-electron chi connectivity index (χ4n) is 2.40. The van der Waals surface area contributed by atoms with Gasteiger partial charge in [-0.15, -0.1) is 0 Å². The molecule has 2 aromatic heterocycles. The van der Waals surface area contributed by atoms with E-state index in [4.69, 9.17) is 11.6 Å². The van der Waals surface area contributed by atoms with E-state index in [1.54, 1.807) is 30.5 Å². The second kappa shape index (κ2) is 8.73. The first-order chi connectivity index (χ1) is 13.3. The summed E-state index contributed by atoms with van der Waals surface area (Å²) in [5, 5.41) is 9.89. The van der Waals surface area contributed by atoms with Crippen LogP contribution >= 0.6 is 59.4 Å². The van der Waals surface area contributed by atoms with Gasteiger partial charge in [-0.25, -0.2) is 9.67 Å². The van der Waals surface area contributed by atoms with E-state index in [0.717, 1.165) is 0 Å². The summed E-state index contributed by atoms with van der Waals surface area (Å²) in [4.78, 5) is 29.4.